The van der Waals surface area contributed by atoms with Crippen LogP contribution in [-0.2, 0) is 6.54 Å². The molecule has 21 heavy (non-hydrogen) atoms. The van der Waals surface area contributed by atoms with Gasteiger partial charge >= 0.3 is 6.03 Å². The molecule has 0 aliphatic carbocycles. The first-order valence-corrected chi connectivity index (χ1v) is 7.11. The number of pyridine rings is 1. The predicted molar refractivity (Wildman–Crippen MR) is 82.0 cm³/mol. The summed E-state index contributed by atoms with van der Waals surface area (Å²) < 4.78 is 1.74. The third kappa shape index (κ3) is 5.25. The van der Waals surface area contributed by atoms with Gasteiger partial charge < -0.3 is 5.32 Å². The zero-order chi connectivity index (χ0) is 15.1. The van der Waals surface area contributed by atoms with E-state index in [9.17, 15) is 4.79 Å². The van der Waals surface area contributed by atoms with Crippen molar-refractivity contribution in [2.24, 2.45) is 5.92 Å². The lowest BCUT2D eigenvalue weighted by molar-refractivity contribution is 0.251. The Bertz CT molecular complexity index is 564. The number of hydrogen-bond acceptors (Lipinski definition) is 3. The molecule has 2 heterocycles. The molecular formula is C15H21N5O. The Morgan fingerprint density at radius 1 is 1.33 bits per heavy atom. The summed E-state index contributed by atoms with van der Waals surface area (Å²) in [6, 6.07) is 7.30. The first-order valence-electron chi connectivity index (χ1n) is 7.11. The van der Waals surface area contributed by atoms with Gasteiger partial charge in [0.15, 0.2) is 5.82 Å². The van der Waals surface area contributed by atoms with Crippen molar-refractivity contribution in [2.45, 2.75) is 26.8 Å². The van der Waals surface area contributed by atoms with Crippen LogP contribution in [0.15, 0.2) is 36.7 Å². The lowest BCUT2D eigenvalue weighted by Crippen LogP contribution is -2.30. The van der Waals surface area contributed by atoms with Crippen molar-refractivity contribution in [1.29, 1.82) is 0 Å². The second-order valence-electron chi connectivity index (χ2n) is 5.28. The lowest BCUT2D eigenvalue weighted by Gasteiger charge is -2.07. The van der Waals surface area contributed by atoms with Gasteiger partial charge in [-0.15, -0.1) is 0 Å². The molecule has 2 rings (SSSR count). The number of anilines is 1. The molecule has 6 nitrogen and oxygen atoms in total. The fourth-order valence-corrected chi connectivity index (χ4v) is 1.81. The summed E-state index contributed by atoms with van der Waals surface area (Å²) in [7, 11) is 0. The van der Waals surface area contributed by atoms with Crippen molar-refractivity contribution in [2.75, 3.05) is 11.9 Å². The first-order chi connectivity index (χ1) is 10.1. The molecule has 0 bridgehead atoms. The standard InChI is InChI=1S/C15H21N5O/c1-12(2)6-9-17-15(21)18-14-7-10-20(19-14)11-13-5-3-4-8-16-13/h3-5,7-8,10,12H,6,9,11H2,1-2H3,(H2,17,18,19,21). The summed E-state index contributed by atoms with van der Waals surface area (Å²) in [6.45, 7) is 5.49. The molecular weight excluding hydrogens is 266 g/mol. The van der Waals surface area contributed by atoms with E-state index in [0.29, 0.717) is 24.8 Å². The second-order valence-corrected chi connectivity index (χ2v) is 5.28. The predicted octanol–water partition coefficient (Wildman–Crippen LogP) is 2.49. The van der Waals surface area contributed by atoms with Crippen LogP contribution in [0, 0.1) is 5.92 Å². The Labute approximate surface area is 124 Å². The highest BCUT2D eigenvalue weighted by Crippen LogP contribution is 2.05. The normalized spacial score (nSPS) is 10.6. The average molecular weight is 287 g/mol. The summed E-state index contributed by atoms with van der Waals surface area (Å²) in [5.74, 6) is 1.11. The van der Waals surface area contributed by atoms with E-state index in [-0.39, 0.29) is 6.03 Å². The maximum Gasteiger partial charge on any atom is 0.320 e. The van der Waals surface area contributed by atoms with Crippen molar-refractivity contribution >= 4 is 11.8 Å². The van der Waals surface area contributed by atoms with Crippen LogP contribution in [0.5, 0.6) is 0 Å². The van der Waals surface area contributed by atoms with E-state index in [1.165, 1.54) is 0 Å². The second kappa shape index (κ2) is 7.42. The third-order valence-electron chi connectivity index (χ3n) is 2.94. The number of aromatic nitrogens is 3. The fraction of sp³-hybridized carbons (Fsp3) is 0.400. The molecule has 0 radical (unpaired) electrons. The van der Waals surface area contributed by atoms with Gasteiger partial charge in [0.2, 0.25) is 0 Å². The largest absolute Gasteiger partial charge is 0.338 e. The van der Waals surface area contributed by atoms with Crippen LogP contribution in [0.1, 0.15) is 26.0 Å². The Morgan fingerprint density at radius 3 is 2.90 bits per heavy atom. The maximum absolute atomic E-state index is 11.7. The molecule has 0 saturated heterocycles. The van der Waals surface area contributed by atoms with Gasteiger partial charge in [0, 0.05) is 25.0 Å². The van der Waals surface area contributed by atoms with Crippen LogP contribution in [0.25, 0.3) is 0 Å². The summed E-state index contributed by atoms with van der Waals surface area (Å²) in [5, 5.41) is 9.82. The molecule has 2 aromatic heterocycles. The van der Waals surface area contributed by atoms with Gasteiger partial charge in [-0.25, -0.2) is 4.79 Å². The molecule has 0 spiro atoms. The summed E-state index contributed by atoms with van der Waals surface area (Å²) in [4.78, 5) is 15.9. The fourth-order valence-electron chi connectivity index (χ4n) is 1.81. The Kier molecular flexibility index (Phi) is 5.31. The Hall–Kier alpha value is -2.37. The van der Waals surface area contributed by atoms with Crippen LogP contribution in [0.4, 0.5) is 10.6 Å². The number of nitrogens with one attached hydrogen (secondary N) is 2. The quantitative estimate of drug-likeness (QED) is 0.857. The smallest absolute Gasteiger partial charge is 0.320 e. The molecule has 0 saturated carbocycles. The zero-order valence-corrected chi connectivity index (χ0v) is 12.4. The van der Waals surface area contributed by atoms with E-state index in [2.05, 4.69) is 34.6 Å². The van der Waals surface area contributed by atoms with Gasteiger partial charge in [-0.1, -0.05) is 19.9 Å². The highest BCUT2D eigenvalue weighted by Gasteiger charge is 2.05. The van der Waals surface area contributed by atoms with E-state index in [1.807, 2.05) is 24.4 Å². The highest BCUT2D eigenvalue weighted by atomic mass is 16.2. The minimum absolute atomic E-state index is 0.223. The first kappa shape index (κ1) is 15.0. The molecule has 6 heteroatoms. The van der Waals surface area contributed by atoms with E-state index < -0.39 is 0 Å². The van der Waals surface area contributed by atoms with Gasteiger partial charge in [0.25, 0.3) is 0 Å². The summed E-state index contributed by atoms with van der Waals surface area (Å²) >= 11 is 0. The number of nitrogens with zero attached hydrogens (tertiary/aromatic N) is 3. The van der Waals surface area contributed by atoms with Gasteiger partial charge in [0.1, 0.15) is 0 Å². The molecule has 0 fully saturated rings. The average Bonchev–Trinajstić information content (AvgIpc) is 2.86. The van der Waals surface area contributed by atoms with Crippen molar-refractivity contribution < 1.29 is 4.79 Å². The number of urea groups is 1. The van der Waals surface area contributed by atoms with Crippen molar-refractivity contribution in [3.63, 3.8) is 0 Å². The Morgan fingerprint density at radius 2 is 2.19 bits per heavy atom. The number of carbonyl (C=O) groups is 1. The van der Waals surface area contributed by atoms with Crippen LogP contribution >= 0.6 is 0 Å². The number of hydrogen-bond donors (Lipinski definition) is 2. The molecule has 0 atom stereocenters. The number of rotatable bonds is 6. The van der Waals surface area contributed by atoms with Gasteiger partial charge in [0.05, 0.1) is 12.2 Å². The molecule has 2 aromatic rings. The van der Waals surface area contributed by atoms with Crippen LogP contribution in [0.3, 0.4) is 0 Å². The monoisotopic (exact) mass is 287 g/mol. The molecule has 0 unspecified atom stereocenters. The highest BCUT2D eigenvalue weighted by molar-refractivity contribution is 5.88. The van der Waals surface area contributed by atoms with Crippen molar-refractivity contribution in [3.05, 3.63) is 42.4 Å². The molecule has 0 aromatic carbocycles. The number of carbonyl (C=O) groups excluding carboxylic acids is 1. The van der Waals surface area contributed by atoms with E-state index in [1.54, 1.807) is 16.9 Å². The molecule has 2 N–H and O–H groups in total. The lowest BCUT2D eigenvalue weighted by atomic mass is 10.1. The zero-order valence-electron chi connectivity index (χ0n) is 12.4. The van der Waals surface area contributed by atoms with Gasteiger partial charge in [-0.05, 0) is 24.5 Å². The molecule has 0 aliphatic rings. The summed E-state index contributed by atoms with van der Waals surface area (Å²) in [6.07, 6.45) is 4.53. The molecule has 2 amide bonds. The van der Waals surface area contributed by atoms with Gasteiger partial charge in [-0.3, -0.25) is 15.0 Å². The molecule has 0 aliphatic heterocycles. The van der Waals surface area contributed by atoms with E-state index >= 15 is 0 Å². The topological polar surface area (TPSA) is 71.8 Å². The maximum atomic E-state index is 11.7. The van der Waals surface area contributed by atoms with Crippen molar-refractivity contribution in [1.82, 2.24) is 20.1 Å². The minimum atomic E-state index is -0.223. The number of amides is 2. The third-order valence-corrected chi connectivity index (χ3v) is 2.94. The minimum Gasteiger partial charge on any atom is -0.338 e. The van der Waals surface area contributed by atoms with Crippen LogP contribution < -0.4 is 10.6 Å². The van der Waals surface area contributed by atoms with Crippen LogP contribution in [-0.4, -0.2) is 27.3 Å². The van der Waals surface area contributed by atoms with E-state index in [4.69, 9.17) is 0 Å². The van der Waals surface area contributed by atoms with Gasteiger partial charge in [-0.2, -0.15) is 5.10 Å². The van der Waals surface area contributed by atoms with E-state index in [0.717, 1.165) is 12.1 Å². The Balaban J connectivity index is 1.81. The van der Waals surface area contributed by atoms with Crippen molar-refractivity contribution in [3.8, 4) is 0 Å². The summed E-state index contributed by atoms with van der Waals surface area (Å²) in [5.41, 5.74) is 0.925. The molecule has 112 valence electrons. The van der Waals surface area contributed by atoms with Crippen LogP contribution in [0.2, 0.25) is 0 Å². The SMILES string of the molecule is CC(C)CCNC(=O)Nc1ccn(Cc2ccccn2)n1.